The minimum absolute atomic E-state index is 0.0386. The number of rotatable bonds is 6. The first kappa shape index (κ1) is 21.5. The topological polar surface area (TPSA) is 65.1 Å². The maximum Gasteiger partial charge on any atom is 0.387 e. The molecule has 1 aliphatic rings. The predicted octanol–water partition coefficient (Wildman–Crippen LogP) is 5.32. The molecule has 9 heteroatoms. The third-order valence-corrected chi connectivity index (χ3v) is 5.85. The highest BCUT2D eigenvalue weighted by molar-refractivity contribution is 5.83. The van der Waals surface area contributed by atoms with Crippen molar-refractivity contribution in [3.8, 4) is 16.9 Å². The van der Waals surface area contributed by atoms with Gasteiger partial charge >= 0.3 is 6.61 Å². The van der Waals surface area contributed by atoms with Gasteiger partial charge in [-0.25, -0.2) is 9.37 Å². The van der Waals surface area contributed by atoms with Crippen molar-refractivity contribution in [3.05, 3.63) is 66.0 Å². The maximum atomic E-state index is 15.0. The Labute approximate surface area is 188 Å². The van der Waals surface area contributed by atoms with E-state index in [4.69, 9.17) is 4.74 Å². The van der Waals surface area contributed by atoms with E-state index in [0.717, 1.165) is 0 Å². The van der Waals surface area contributed by atoms with Crippen molar-refractivity contribution in [2.45, 2.75) is 45.6 Å². The minimum Gasteiger partial charge on any atom is -0.434 e. The Kier molecular flexibility index (Phi) is 5.36. The summed E-state index contributed by atoms with van der Waals surface area (Å²) in [5.74, 6) is 0.349. The number of nitrogens with zero attached hydrogens (tertiary/aromatic N) is 4. The van der Waals surface area contributed by atoms with Gasteiger partial charge in [0.1, 0.15) is 23.5 Å². The molecule has 2 aromatic heterocycles. The Morgan fingerprint density at radius 3 is 2.76 bits per heavy atom. The molecule has 0 bridgehead atoms. The summed E-state index contributed by atoms with van der Waals surface area (Å²) >= 11 is 0. The van der Waals surface area contributed by atoms with Gasteiger partial charge in [0.2, 0.25) is 0 Å². The van der Waals surface area contributed by atoms with Crippen molar-refractivity contribution in [1.29, 1.82) is 0 Å². The molecule has 2 aromatic carbocycles. The molecule has 5 rings (SSSR count). The van der Waals surface area contributed by atoms with E-state index in [1.807, 2.05) is 0 Å². The molecule has 0 aliphatic carbocycles. The van der Waals surface area contributed by atoms with Crippen LogP contribution in [0.15, 0.2) is 48.8 Å². The summed E-state index contributed by atoms with van der Waals surface area (Å²) in [6.45, 7) is 1.88. The number of ether oxygens (including phenoxy) is 1. The van der Waals surface area contributed by atoms with Gasteiger partial charge in [0, 0.05) is 41.9 Å². The van der Waals surface area contributed by atoms with Gasteiger partial charge in [-0.3, -0.25) is 4.68 Å². The molecule has 0 unspecified atom stereocenters. The molecule has 4 aromatic rings. The number of aromatic nitrogens is 4. The largest absolute Gasteiger partial charge is 0.434 e. The van der Waals surface area contributed by atoms with E-state index in [0.29, 0.717) is 46.0 Å². The van der Waals surface area contributed by atoms with Crippen LogP contribution in [0.4, 0.5) is 13.2 Å². The molecule has 33 heavy (non-hydrogen) atoms. The number of hydrogen-bond donors (Lipinski definition) is 1. The average molecular weight is 456 g/mol. The summed E-state index contributed by atoms with van der Waals surface area (Å²) in [5, 5.41) is 15.0. The lowest BCUT2D eigenvalue weighted by Gasteiger charge is -2.19. The van der Waals surface area contributed by atoms with Crippen molar-refractivity contribution in [2.75, 3.05) is 0 Å². The van der Waals surface area contributed by atoms with Crippen LogP contribution in [0.2, 0.25) is 0 Å². The Morgan fingerprint density at radius 2 is 2.00 bits per heavy atom. The van der Waals surface area contributed by atoms with Crippen molar-refractivity contribution < 1.29 is 23.0 Å². The van der Waals surface area contributed by atoms with Crippen LogP contribution in [0.3, 0.4) is 0 Å². The lowest BCUT2D eigenvalue weighted by atomic mass is 10.0. The summed E-state index contributed by atoms with van der Waals surface area (Å²) in [6, 6.07) is 9.03. The second kappa shape index (κ2) is 8.22. The number of imidazole rings is 1. The molecule has 0 saturated heterocycles. The number of fused-ring (bicyclic) bond motifs is 3. The zero-order chi connectivity index (χ0) is 23.3. The number of para-hydroxylation sites is 1. The van der Waals surface area contributed by atoms with E-state index >= 15 is 4.39 Å². The van der Waals surface area contributed by atoms with Crippen molar-refractivity contribution in [1.82, 2.24) is 19.3 Å². The monoisotopic (exact) mass is 456 g/mol. The number of benzene rings is 2. The molecule has 0 fully saturated rings. The molecular formula is C24H23F3N4O2. The van der Waals surface area contributed by atoms with Gasteiger partial charge in [0.05, 0.1) is 23.3 Å². The number of hydrogen-bond acceptors (Lipinski definition) is 4. The summed E-state index contributed by atoms with van der Waals surface area (Å²) in [7, 11) is 0. The van der Waals surface area contributed by atoms with Gasteiger partial charge in [0.15, 0.2) is 0 Å². The highest BCUT2D eigenvalue weighted by atomic mass is 19.3. The first-order valence-corrected chi connectivity index (χ1v) is 10.8. The molecule has 3 heterocycles. The summed E-state index contributed by atoms with van der Waals surface area (Å²) in [5.41, 5.74) is 2.48. The van der Waals surface area contributed by atoms with E-state index in [1.54, 1.807) is 45.9 Å². The number of aliphatic hydroxyl groups excluding tert-OH is 1. The van der Waals surface area contributed by atoms with E-state index in [9.17, 15) is 13.9 Å². The third-order valence-electron chi connectivity index (χ3n) is 5.85. The normalized spacial score (nSPS) is 17.9. The number of alkyl halides is 2. The van der Waals surface area contributed by atoms with Gasteiger partial charge in [-0.2, -0.15) is 13.9 Å². The molecule has 0 spiro atoms. The van der Waals surface area contributed by atoms with E-state index < -0.39 is 24.6 Å². The van der Waals surface area contributed by atoms with Gasteiger partial charge in [-0.1, -0.05) is 32.0 Å². The predicted molar refractivity (Wildman–Crippen MR) is 117 cm³/mol. The fourth-order valence-electron chi connectivity index (χ4n) is 4.54. The van der Waals surface area contributed by atoms with Crippen LogP contribution in [-0.4, -0.2) is 31.0 Å². The van der Waals surface area contributed by atoms with Crippen LogP contribution in [0, 0.1) is 11.7 Å². The highest BCUT2D eigenvalue weighted by Crippen LogP contribution is 2.44. The highest BCUT2D eigenvalue weighted by Gasteiger charge is 2.36. The van der Waals surface area contributed by atoms with Crippen LogP contribution >= 0.6 is 0 Å². The summed E-state index contributed by atoms with van der Waals surface area (Å²) in [4.78, 5) is 4.44. The molecule has 1 N–H and O–H groups in total. The Balaban J connectivity index is 1.63. The first-order valence-electron chi connectivity index (χ1n) is 10.8. The molecule has 172 valence electrons. The van der Waals surface area contributed by atoms with Gasteiger partial charge < -0.3 is 14.4 Å². The van der Waals surface area contributed by atoms with Crippen LogP contribution in [0.1, 0.15) is 43.8 Å². The van der Waals surface area contributed by atoms with E-state index in [2.05, 4.69) is 23.9 Å². The number of aliphatic hydroxyl groups is 1. The van der Waals surface area contributed by atoms with Crippen LogP contribution in [-0.2, 0) is 6.54 Å². The summed E-state index contributed by atoms with van der Waals surface area (Å²) < 4.78 is 49.3. The van der Waals surface area contributed by atoms with Crippen LogP contribution in [0.5, 0.6) is 5.75 Å². The molecule has 0 saturated carbocycles. The number of halogens is 3. The zero-order valence-electron chi connectivity index (χ0n) is 18.1. The van der Waals surface area contributed by atoms with Crippen LogP contribution < -0.4 is 4.74 Å². The SMILES string of the molecule is CC(C)Cn1cc(-c2cc3c(cc2F)nc2n3[C@@H](c3ccccc3OC(F)F)C[C@H]2O)cn1. The van der Waals surface area contributed by atoms with Gasteiger partial charge in [0.25, 0.3) is 0 Å². The Bertz CT molecular complexity index is 1310. The average Bonchev–Trinajstić information content (AvgIpc) is 3.43. The smallest absolute Gasteiger partial charge is 0.387 e. The lowest BCUT2D eigenvalue weighted by Crippen LogP contribution is -2.10. The quantitative estimate of drug-likeness (QED) is 0.426. The van der Waals surface area contributed by atoms with Crippen LogP contribution in [0.25, 0.3) is 22.2 Å². The third kappa shape index (κ3) is 3.86. The minimum atomic E-state index is -2.97. The molecule has 0 radical (unpaired) electrons. The second-order valence-corrected chi connectivity index (χ2v) is 8.69. The Hall–Kier alpha value is -3.33. The van der Waals surface area contributed by atoms with Crippen molar-refractivity contribution in [2.24, 2.45) is 5.92 Å². The maximum absolute atomic E-state index is 15.0. The second-order valence-electron chi connectivity index (χ2n) is 8.69. The standard InChI is InChI=1S/C24H23F3N4O2/c1-13(2)11-30-12-14(10-28-30)16-7-20-18(8-17(16)25)29-23-21(32)9-19(31(20)23)15-5-3-4-6-22(15)33-24(26)27/h3-8,10,12-13,19,21,24,32H,9,11H2,1-2H3/t19-,21-/m1/s1. The van der Waals surface area contributed by atoms with E-state index in [1.165, 1.54) is 12.1 Å². The summed E-state index contributed by atoms with van der Waals surface area (Å²) in [6.07, 6.45) is 2.75. The molecule has 0 amide bonds. The van der Waals surface area contributed by atoms with Gasteiger partial charge in [-0.05, 0) is 18.1 Å². The Morgan fingerprint density at radius 1 is 1.21 bits per heavy atom. The van der Waals surface area contributed by atoms with E-state index in [-0.39, 0.29) is 12.2 Å². The van der Waals surface area contributed by atoms with Crippen molar-refractivity contribution in [3.63, 3.8) is 0 Å². The molecule has 6 nitrogen and oxygen atoms in total. The zero-order valence-corrected chi connectivity index (χ0v) is 18.1. The fraction of sp³-hybridized carbons (Fsp3) is 0.333. The molecular weight excluding hydrogens is 433 g/mol. The molecule has 2 atom stereocenters. The molecule has 1 aliphatic heterocycles. The van der Waals surface area contributed by atoms with Gasteiger partial charge in [-0.15, -0.1) is 0 Å². The first-order chi connectivity index (χ1) is 15.8. The van der Waals surface area contributed by atoms with Crippen molar-refractivity contribution >= 4 is 11.0 Å². The lowest BCUT2D eigenvalue weighted by molar-refractivity contribution is -0.0507. The fourth-order valence-corrected chi connectivity index (χ4v) is 4.54.